The molecule has 2 N–H and O–H groups in total. The summed E-state index contributed by atoms with van der Waals surface area (Å²) in [6.07, 6.45) is 4.86. The van der Waals surface area contributed by atoms with Crippen molar-refractivity contribution in [3.63, 3.8) is 0 Å². The van der Waals surface area contributed by atoms with Gasteiger partial charge in [-0.15, -0.1) is 0 Å². The summed E-state index contributed by atoms with van der Waals surface area (Å²) in [5, 5.41) is 0. The molecule has 0 atom stereocenters. The van der Waals surface area contributed by atoms with E-state index in [-0.39, 0.29) is 5.54 Å². The zero-order chi connectivity index (χ0) is 9.31. The second-order valence-electron chi connectivity index (χ2n) is 4.23. The zero-order valence-electron chi connectivity index (χ0n) is 8.22. The third kappa shape index (κ3) is 1.61. The summed E-state index contributed by atoms with van der Waals surface area (Å²) in [7, 11) is 0. The Hall–Kier alpha value is -0.820. The topological polar surface area (TPSA) is 26.0 Å². The molecule has 0 saturated heterocycles. The molecule has 0 heterocycles. The van der Waals surface area contributed by atoms with Crippen LogP contribution in [0, 0.1) is 6.92 Å². The van der Waals surface area contributed by atoms with Gasteiger partial charge < -0.3 is 5.73 Å². The third-order valence-corrected chi connectivity index (χ3v) is 3.09. The van der Waals surface area contributed by atoms with Gasteiger partial charge >= 0.3 is 0 Å². The Morgan fingerprint density at radius 2 is 1.92 bits per heavy atom. The van der Waals surface area contributed by atoms with Crippen LogP contribution < -0.4 is 5.73 Å². The standard InChI is InChI=1S/C12H17N/c1-10-5-4-6-11(9-10)12(13)7-2-3-8-12/h4-6,9H,2-3,7-8,13H2,1H3. The highest BCUT2D eigenvalue weighted by Gasteiger charge is 2.30. The predicted octanol–water partition coefficient (Wildman–Crippen LogP) is 2.72. The largest absolute Gasteiger partial charge is 0.321 e. The molecule has 1 aliphatic rings. The van der Waals surface area contributed by atoms with E-state index >= 15 is 0 Å². The maximum absolute atomic E-state index is 6.35. The van der Waals surface area contributed by atoms with Crippen LogP contribution in [0.2, 0.25) is 0 Å². The van der Waals surface area contributed by atoms with Crippen molar-refractivity contribution in [3.05, 3.63) is 35.4 Å². The summed E-state index contributed by atoms with van der Waals surface area (Å²) >= 11 is 0. The maximum atomic E-state index is 6.35. The molecule has 0 aromatic heterocycles. The summed E-state index contributed by atoms with van der Waals surface area (Å²) in [5.41, 5.74) is 8.97. The van der Waals surface area contributed by atoms with Gasteiger partial charge in [0.25, 0.3) is 0 Å². The predicted molar refractivity (Wildman–Crippen MR) is 55.5 cm³/mol. The van der Waals surface area contributed by atoms with Crippen molar-refractivity contribution >= 4 is 0 Å². The van der Waals surface area contributed by atoms with Gasteiger partial charge in [-0.2, -0.15) is 0 Å². The minimum atomic E-state index is -0.0218. The average Bonchev–Trinajstić information content (AvgIpc) is 2.54. The van der Waals surface area contributed by atoms with Gasteiger partial charge in [-0.3, -0.25) is 0 Å². The van der Waals surface area contributed by atoms with E-state index < -0.39 is 0 Å². The van der Waals surface area contributed by atoms with Crippen molar-refractivity contribution in [2.45, 2.75) is 38.1 Å². The fourth-order valence-electron chi connectivity index (χ4n) is 2.25. The Labute approximate surface area is 80.0 Å². The van der Waals surface area contributed by atoms with E-state index in [1.54, 1.807) is 0 Å². The van der Waals surface area contributed by atoms with Gasteiger partial charge in [0.15, 0.2) is 0 Å². The van der Waals surface area contributed by atoms with E-state index in [2.05, 4.69) is 31.2 Å². The first-order valence-electron chi connectivity index (χ1n) is 5.07. The highest BCUT2D eigenvalue weighted by Crippen LogP contribution is 2.36. The smallest absolute Gasteiger partial charge is 0.0409 e. The Morgan fingerprint density at radius 3 is 2.54 bits per heavy atom. The molecule has 1 heteroatoms. The van der Waals surface area contributed by atoms with Crippen LogP contribution in [0.15, 0.2) is 24.3 Å². The average molecular weight is 175 g/mol. The molecule has 1 aromatic rings. The Morgan fingerprint density at radius 1 is 1.23 bits per heavy atom. The van der Waals surface area contributed by atoms with Gasteiger partial charge in [0.1, 0.15) is 0 Å². The minimum Gasteiger partial charge on any atom is -0.321 e. The second kappa shape index (κ2) is 3.15. The molecule has 0 unspecified atom stereocenters. The lowest BCUT2D eigenvalue weighted by Crippen LogP contribution is -2.32. The van der Waals surface area contributed by atoms with Crippen molar-refractivity contribution in [2.24, 2.45) is 5.73 Å². The van der Waals surface area contributed by atoms with Gasteiger partial charge in [0.2, 0.25) is 0 Å². The van der Waals surface area contributed by atoms with Crippen LogP contribution in [0.4, 0.5) is 0 Å². The van der Waals surface area contributed by atoms with Crippen LogP contribution in [0.1, 0.15) is 36.8 Å². The van der Waals surface area contributed by atoms with E-state index in [0.717, 1.165) is 12.8 Å². The molecule has 2 rings (SSSR count). The maximum Gasteiger partial charge on any atom is 0.0409 e. The molecule has 1 saturated carbocycles. The van der Waals surface area contributed by atoms with E-state index in [4.69, 9.17) is 5.73 Å². The molecule has 0 bridgehead atoms. The molecule has 1 aromatic carbocycles. The van der Waals surface area contributed by atoms with Crippen LogP contribution in [0.5, 0.6) is 0 Å². The van der Waals surface area contributed by atoms with Crippen molar-refractivity contribution in [2.75, 3.05) is 0 Å². The lowest BCUT2D eigenvalue weighted by molar-refractivity contribution is 0.461. The first-order valence-corrected chi connectivity index (χ1v) is 5.07. The van der Waals surface area contributed by atoms with Gasteiger partial charge in [0.05, 0.1) is 0 Å². The van der Waals surface area contributed by atoms with Gasteiger partial charge in [-0.05, 0) is 25.3 Å². The molecule has 70 valence electrons. The molecule has 0 aliphatic heterocycles. The second-order valence-corrected chi connectivity index (χ2v) is 4.23. The van der Waals surface area contributed by atoms with Gasteiger partial charge in [-0.1, -0.05) is 42.7 Å². The highest BCUT2D eigenvalue weighted by molar-refractivity contribution is 5.29. The number of hydrogen-bond acceptors (Lipinski definition) is 1. The summed E-state index contributed by atoms with van der Waals surface area (Å²) in [6, 6.07) is 8.63. The SMILES string of the molecule is Cc1cccc(C2(N)CCCC2)c1. The lowest BCUT2D eigenvalue weighted by Gasteiger charge is -2.24. The Kier molecular flexibility index (Phi) is 2.12. The fourth-order valence-corrected chi connectivity index (χ4v) is 2.25. The van der Waals surface area contributed by atoms with Crippen molar-refractivity contribution < 1.29 is 0 Å². The molecule has 13 heavy (non-hydrogen) atoms. The molecular weight excluding hydrogens is 158 g/mol. The summed E-state index contributed by atoms with van der Waals surface area (Å²) < 4.78 is 0. The molecule has 1 fully saturated rings. The van der Waals surface area contributed by atoms with E-state index in [9.17, 15) is 0 Å². The Balaban J connectivity index is 2.33. The minimum absolute atomic E-state index is 0.0218. The van der Waals surface area contributed by atoms with E-state index in [0.29, 0.717) is 0 Å². The molecule has 0 amide bonds. The first kappa shape index (κ1) is 8.76. The van der Waals surface area contributed by atoms with Crippen LogP contribution in [0.25, 0.3) is 0 Å². The van der Waals surface area contributed by atoms with Crippen LogP contribution in [-0.4, -0.2) is 0 Å². The summed E-state index contributed by atoms with van der Waals surface area (Å²) in [4.78, 5) is 0. The Bertz CT molecular complexity index is 298. The quantitative estimate of drug-likeness (QED) is 0.697. The normalized spacial score (nSPS) is 20.5. The van der Waals surface area contributed by atoms with Gasteiger partial charge in [-0.25, -0.2) is 0 Å². The van der Waals surface area contributed by atoms with Crippen LogP contribution in [-0.2, 0) is 5.54 Å². The van der Waals surface area contributed by atoms with E-state index in [1.165, 1.54) is 24.0 Å². The third-order valence-electron chi connectivity index (χ3n) is 3.09. The molecular formula is C12H17N. The number of nitrogens with two attached hydrogens (primary N) is 1. The monoisotopic (exact) mass is 175 g/mol. The van der Waals surface area contributed by atoms with Crippen molar-refractivity contribution in [1.82, 2.24) is 0 Å². The van der Waals surface area contributed by atoms with Crippen LogP contribution >= 0.6 is 0 Å². The number of benzene rings is 1. The molecule has 0 radical (unpaired) electrons. The highest BCUT2D eigenvalue weighted by atomic mass is 14.8. The molecule has 0 spiro atoms. The number of rotatable bonds is 1. The zero-order valence-corrected chi connectivity index (χ0v) is 8.22. The molecule has 1 nitrogen and oxygen atoms in total. The van der Waals surface area contributed by atoms with Gasteiger partial charge in [0, 0.05) is 5.54 Å². The molecule has 1 aliphatic carbocycles. The lowest BCUT2D eigenvalue weighted by atomic mass is 9.89. The summed E-state index contributed by atoms with van der Waals surface area (Å²) in [5.74, 6) is 0. The fraction of sp³-hybridized carbons (Fsp3) is 0.500. The first-order chi connectivity index (χ1) is 6.21. The van der Waals surface area contributed by atoms with Crippen molar-refractivity contribution in [1.29, 1.82) is 0 Å². The summed E-state index contributed by atoms with van der Waals surface area (Å²) in [6.45, 7) is 2.13. The van der Waals surface area contributed by atoms with E-state index in [1.807, 2.05) is 0 Å². The van der Waals surface area contributed by atoms with Crippen molar-refractivity contribution in [3.8, 4) is 0 Å². The van der Waals surface area contributed by atoms with Crippen LogP contribution in [0.3, 0.4) is 0 Å². The number of hydrogen-bond donors (Lipinski definition) is 1. The number of aryl methyl sites for hydroxylation is 1.